The first-order chi connectivity index (χ1) is 32.0. The molecule has 0 bridgehead atoms. The van der Waals surface area contributed by atoms with E-state index in [1.54, 1.807) is 0 Å². The standard InChI is InChI=1S/C62H43N3/c1-62(2)57-24-14-13-23-55(57)56-34-33-46(39-58(56)62)40-25-27-41(28-26-40)47-35-37-53(51-21-11-9-19-49(47)51)54-38-36-48(50-20-10-12-22-52(50)54)42-29-31-45(32-30-42)61-64-59(43-15-5-3-6-16-43)63-60(65-61)44-17-7-4-8-18-44/h3-39H,1-2H3. The Morgan fingerprint density at radius 1 is 0.246 bits per heavy atom. The van der Waals surface area contributed by atoms with Gasteiger partial charge in [-0.15, -0.1) is 0 Å². The third kappa shape index (κ3) is 6.63. The molecule has 0 spiro atoms. The molecular weight excluding hydrogens is 787 g/mol. The molecule has 11 aromatic rings. The fourth-order valence-electron chi connectivity index (χ4n) is 10.0. The van der Waals surface area contributed by atoms with E-state index in [0.717, 1.165) is 22.3 Å². The number of aromatic nitrogens is 3. The van der Waals surface area contributed by atoms with Gasteiger partial charge in [0, 0.05) is 22.1 Å². The van der Waals surface area contributed by atoms with E-state index < -0.39 is 0 Å². The summed E-state index contributed by atoms with van der Waals surface area (Å²) in [4.78, 5) is 14.8. The molecule has 12 rings (SSSR count). The molecule has 3 nitrogen and oxygen atoms in total. The summed E-state index contributed by atoms with van der Waals surface area (Å²) < 4.78 is 0. The monoisotopic (exact) mass is 829 g/mol. The van der Waals surface area contributed by atoms with Crippen molar-refractivity contribution in [2.45, 2.75) is 19.3 Å². The predicted octanol–water partition coefficient (Wildman–Crippen LogP) is 16.2. The van der Waals surface area contributed by atoms with Crippen molar-refractivity contribution in [3.63, 3.8) is 0 Å². The largest absolute Gasteiger partial charge is 0.208 e. The molecule has 1 aliphatic carbocycles. The van der Waals surface area contributed by atoms with Crippen LogP contribution < -0.4 is 0 Å². The first kappa shape index (κ1) is 38.4. The van der Waals surface area contributed by atoms with Crippen molar-refractivity contribution in [3.05, 3.63) is 236 Å². The molecule has 0 saturated heterocycles. The number of hydrogen-bond acceptors (Lipinski definition) is 3. The Hall–Kier alpha value is -8.27. The van der Waals surface area contributed by atoms with Crippen molar-refractivity contribution in [3.8, 4) is 89.8 Å². The fourth-order valence-corrected chi connectivity index (χ4v) is 10.0. The highest BCUT2D eigenvalue weighted by molar-refractivity contribution is 6.12. The Balaban J connectivity index is 0.874. The maximum atomic E-state index is 4.96. The first-order valence-electron chi connectivity index (χ1n) is 22.3. The fraction of sp³-hybridized carbons (Fsp3) is 0.0484. The highest BCUT2D eigenvalue weighted by atomic mass is 15.0. The maximum Gasteiger partial charge on any atom is 0.164 e. The highest BCUT2D eigenvalue weighted by Crippen LogP contribution is 2.50. The minimum atomic E-state index is -0.0289. The minimum absolute atomic E-state index is 0.0289. The molecule has 3 heteroatoms. The lowest BCUT2D eigenvalue weighted by atomic mass is 9.81. The second kappa shape index (κ2) is 15.5. The molecule has 0 unspecified atom stereocenters. The Bertz CT molecular complexity index is 3530. The summed E-state index contributed by atoms with van der Waals surface area (Å²) in [6, 6.07) is 80.6. The van der Waals surface area contributed by atoms with E-state index >= 15 is 0 Å². The molecular formula is C62H43N3. The van der Waals surface area contributed by atoms with Gasteiger partial charge in [-0.25, -0.2) is 15.0 Å². The van der Waals surface area contributed by atoms with E-state index in [9.17, 15) is 0 Å². The summed E-state index contributed by atoms with van der Waals surface area (Å²) in [5.74, 6) is 1.95. The number of fused-ring (bicyclic) bond motifs is 5. The lowest BCUT2D eigenvalue weighted by Crippen LogP contribution is -2.14. The van der Waals surface area contributed by atoms with Crippen LogP contribution >= 0.6 is 0 Å². The van der Waals surface area contributed by atoms with E-state index in [4.69, 9.17) is 15.0 Å². The zero-order valence-electron chi connectivity index (χ0n) is 36.2. The Kier molecular flexibility index (Phi) is 9.17. The van der Waals surface area contributed by atoms with Gasteiger partial charge in [-0.1, -0.05) is 232 Å². The topological polar surface area (TPSA) is 38.7 Å². The van der Waals surface area contributed by atoms with Crippen molar-refractivity contribution in [1.82, 2.24) is 15.0 Å². The SMILES string of the molecule is CC1(C)c2ccccc2-c2ccc(-c3ccc(-c4ccc(-c5ccc(-c6ccc(-c7nc(-c8ccccc8)nc(-c8ccccc8)n7)cc6)c6ccccc56)c5ccccc45)cc3)cc21. The second-order valence-electron chi connectivity index (χ2n) is 17.5. The van der Waals surface area contributed by atoms with E-state index in [0.29, 0.717) is 17.5 Å². The Morgan fingerprint density at radius 2 is 0.585 bits per heavy atom. The number of benzene rings is 10. The average molecular weight is 830 g/mol. The van der Waals surface area contributed by atoms with Gasteiger partial charge in [-0.05, 0) is 94.4 Å². The number of hydrogen-bond donors (Lipinski definition) is 0. The second-order valence-corrected chi connectivity index (χ2v) is 17.5. The van der Waals surface area contributed by atoms with E-state index in [-0.39, 0.29) is 5.41 Å². The van der Waals surface area contributed by atoms with Crippen LogP contribution in [-0.2, 0) is 5.41 Å². The first-order valence-corrected chi connectivity index (χ1v) is 22.3. The molecule has 0 amide bonds. The van der Waals surface area contributed by atoms with Crippen LogP contribution in [0.2, 0.25) is 0 Å². The van der Waals surface area contributed by atoms with Crippen LogP contribution in [0.4, 0.5) is 0 Å². The zero-order chi connectivity index (χ0) is 43.5. The molecule has 0 saturated carbocycles. The normalized spacial score (nSPS) is 12.6. The van der Waals surface area contributed by atoms with Gasteiger partial charge in [0.25, 0.3) is 0 Å². The van der Waals surface area contributed by atoms with Crippen molar-refractivity contribution >= 4 is 21.5 Å². The molecule has 0 fully saturated rings. The summed E-state index contributed by atoms with van der Waals surface area (Å²) in [6.07, 6.45) is 0. The van der Waals surface area contributed by atoms with Gasteiger partial charge in [-0.2, -0.15) is 0 Å². The number of rotatable bonds is 7. The quantitative estimate of drug-likeness (QED) is 0.161. The lowest BCUT2D eigenvalue weighted by molar-refractivity contribution is 0.660. The molecule has 1 aliphatic rings. The van der Waals surface area contributed by atoms with E-state index in [1.165, 1.54) is 82.7 Å². The van der Waals surface area contributed by atoms with Crippen LogP contribution in [0.25, 0.3) is 111 Å². The van der Waals surface area contributed by atoms with Crippen LogP contribution in [0.5, 0.6) is 0 Å². The van der Waals surface area contributed by atoms with Gasteiger partial charge in [0.15, 0.2) is 17.5 Å². The van der Waals surface area contributed by atoms with Gasteiger partial charge in [-0.3, -0.25) is 0 Å². The van der Waals surface area contributed by atoms with E-state index in [2.05, 4.69) is 178 Å². The van der Waals surface area contributed by atoms with Crippen molar-refractivity contribution < 1.29 is 0 Å². The average Bonchev–Trinajstić information content (AvgIpc) is 3.61. The van der Waals surface area contributed by atoms with Crippen LogP contribution in [0, 0.1) is 0 Å². The summed E-state index contributed by atoms with van der Waals surface area (Å²) in [5, 5.41) is 4.90. The number of nitrogens with zero attached hydrogens (tertiary/aromatic N) is 3. The van der Waals surface area contributed by atoms with E-state index in [1.807, 2.05) is 60.7 Å². The lowest BCUT2D eigenvalue weighted by Gasteiger charge is -2.22. The van der Waals surface area contributed by atoms with Gasteiger partial charge in [0.2, 0.25) is 0 Å². The molecule has 1 heterocycles. The molecule has 306 valence electrons. The Labute approximate surface area is 379 Å². The third-order valence-electron chi connectivity index (χ3n) is 13.4. The zero-order valence-corrected chi connectivity index (χ0v) is 36.2. The summed E-state index contributed by atoms with van der Waals surface area (Å²) in [5.41, 5.74) is 18.0. The van der Waals surface area contributed by atoms with Crippen LogP contribution in [-0.4, -0.2) is 15.0 Å². The van der Waals surface area contributed by atoms with Crippen molar-refractivity contribution in [2.75, 3.05) is 0 Å². The molecule has 0 aliphatic heterocycles. The molecule has 1 aromatic heterocycles. The third-order valence-corrected chi connectivity index (χ3v) is 13.4. The van der Waals surface area contributed by atoms with Gasteiger partial charge in [0.1, 0.15) is 0 Å². The minimum Gasteiger partial charge on any atom is -0.208 e. The molecule has 0 N–H and O–H groups in total. The van der Waals surface area contributed by atoms with Crippen LogP contribution in [0.3, 0.4) is 0 Å². The van der Waals surface area contributed by atoms with Crippen molar-refractivity contribution in [1.29, 1.82) is 0 Å². The van der Waals surface area contributed by atoms with Gasteiger partial charge in [0.05, 0.1) is 0 Å². The highest BCUT2D eigenvalue weighted by Gasteiger charge is 2.35. The molecule has 0 radical (unpaired) electrons. The maximum absolute atomic E-state index is 4.96. The van der Waals surface area contributed by atoms with Crippen LogP contribution in [0.1, 0.15) is 25.0 Å². The summed E-state index contributed by atoms with van der Waals surface area (Å²) in [6.45, 7) is 4.69. The Morgan fingerprint density at radius 3 is 1.09 bits per heavy atom. The summed E-state index contributed by atoms with van der Waals surface area (Å²) >= 11 is 0. The van der Waals surface area contributed by atoms with Crippen LogP contribution in [0.15, 0.2) is 224 Å². The summed E-state index contributed by atoms with van der Waals surface area (Å²) in [7, 11) is 0. The smallest absolute Gasteiger partial charge is 0.164 e. The van der Waals surface area contributed by atoms with Gasteiger partial charge >= 0.3 is 0 Å². The van der Waals surface area contributed by atoms with Crippen molar-refractivity contribution in [2.24, 2.45) is 0 Å². The molecule has 65 heavy (non-hydrogen) atoms. The van der Waals surface area contributed by atoms with Gasteiger partial charge < -0.3 is 0 Å². The molecule has 10 aromatic carbocycles. The molecule has 0 atom stereocenters. The predicted molar refractivity (Wildman–Crippen MR) is 270 cm³/mol.